The number of fused-ring (bicyclic) bond motifs is 9. The van der Waals surface area contributed by atoms with E-state index in [2.05, 4.69) is 123 Å². The number of unbranched alkanes of at least 4 members (excludes halogenated alkanes) is 6. The SMILES string of the molecule is CCCCCCc1ccc(-c2ccc3c(ccc4sc5c(sc6ccc7cc(-c8ccc(CCCCCC)cc8)ccc7c65)c43)c2)cc1. The highest BCUT2D eigenvalue weighted by Crippen LogP contribution is 2.49. The minimum absolute atomic E-state index is 1.18. The molecule has 0 saturated carbocycles. The van der Waals surface area contributed by atoms with Crippen molar-refractivity contribution in [1.82, 2.24) is 0 Å². The van der Waals surface area contributed by atoms with Crippen LogP contribution >= 0.6 is 22.7 Å². The lowest BCUT2D eigenvalue weighted by Crippen LogP contribution is -1.86. The van der Waals surface area contributed by atoms with Crippen LogP contribution in [0.15, 0.2) is 109 Å². The van der Waals surface area contributed by atoms with E-state index in [-0.39, 0.29) is 0 Å². The molecule has 0 aliphatic rings. The quantitative estimate of drug-likeness (QED) is 0.114. The largest absolute Gasteiger partial charge is 0.134 e. The normalized spacial score (nSPS) is 12.0. The van der Waals surface area contributed by atoms with Gasteiger partial charge in [0.05, 0.1) is 9.40 Å². The van der Waals surface area contributed by atoms with Gasteiger partial charge in [0.2, 0.25) is 0 Å². The number of rotatable bonds is 12. The van der Waals surface area contributed by atoms with Gasteiger partial charge in [-0.15, -0.1) is 22.7 Å². The van der Waals surface area contributed by atoms with Crippen molar-refractivity contribution in [2.75, 3.05) is 0 Å². The molecule has 2 heteroatoms. The second-order valence-corrected chi connectivity index (χ2v) is 15.7. The van der Waals surface area contributed by atoms with Gasteiger partial charge in [-0.25, -0.2) is 0 Å². The van der Waals surface area contributed by atoms with E-state index in [9.17, 15) is 0 Å². The monoisotopic (exact) mass is 660 g/mol. The molecular weight excluding hydrogens is 617 g/mol. The summed E-state index contributed by atoms with van der Waals surface area (Å²) in [6.07, 6.45) is 12.9. The molecule has 0 unspecified atom stereocenters. The number of thiophene rings is 2. The first-order chi connectivity index (χ1) is 23.7. The van der Waals surface area contributed by atoms with Crippen LogP contribution in [-0.4, -0.2) is 0 Å². The first-order valence-electron chi connectivity index (χ1n) is 18.1. The van der Waals surface area contributed by atoms with Crippen molar-refractivity contribution in [2.45, 2.75) is 78.1 Å². The van der Waals surface area contributed by atoms with E-state index in [0.29, 0.717) is 0 Å². The van der Waals surface area contributed by atoms with Crippen LogP contribution in [0.3, 0.4) is 0 Å². The summed E-state index contributed by atoms with van der Waals surface area (Å²) in [7, 11) is 0. The zero-order chi connectivity index (χ0) is 32.5. The molecular formula is C46H44S2. The zero-order valence-corrected chi connectivity index (χ0v) is 29.9. The van der Waals surface area contributed by atoms with Gasteiger partial charge in [0.25, 0.3) is 0 Å². The molecule has 2 heterocycles. The summed E-state index contributed by atoms with van der Waals surface area (Å²) in [5.41, 5.74) is 8.10. The van der Waals surface area contributed by atoms with Crippen molar-refractivity contribution in [3.05, 3.63) is 120 Å². The Morgan fingerprint density at radius 3 is 1.23 bits per heavy atom. The van der Waals surface area contributed by atoms with Gasteiger partial charge in [0.15, 0.2) is 0 Å². The first-order valence-corrected chi connectivity index (χ1v) is 19.8. The highest BCUT2D eigenvalue weighted by atomic mass is 32.1. The Morgan fingerprint density at radius 2 is 0.812 bits per heavy atom. The maximum absolute atomic E-state index is 2.39. The molecule has 0 nitrogen and oxygen atoms in total. The summed E-state index contributed by atoms with van der Waals surface area (Å²) < 4.78 is 5.63. The third-order valence-electron chi connectivity index (χ3n) is 10.3. The molecule has 0 aliphatic heterocycles. The zero-order valence-electron chi connectivity index (χ0n) is 28.3. The fourth-order valence-corrected chi connectivity index (χ4v) is 10.3. The van der Waals surface area contributed by atoms with Crippen LogP contribution in [0.2, 0.25) is 0 Å². The number of hydrogen-bond donors (Lipinski definition) is 0. The van der Waals surface area contributed by atoms with E-state index in [1.165, 1.54) is 149 Å². The average Bonchev–Trinajstić information content (AvgIpc) is 3.68. The lowest BCUT2D eigenvalue weighted by molar-refractivity contribution is 0.667. The van der Waals surface area contributed by atoms with Crippen LogP contribution in [-0.2, 0) is 12.8 Å². The molecule has 0 radical (unpaired) electrons. The topological polar surface area (TPSA) is 0 Å². The van der Waals surface area contributed by atoms with Gasteiger partial charge >= 0.3 is 0 Å². The number of aryl methyl sites for hydroxylation is 2. The lowest BCUT2D eigenvalue weighted by atomic mass is 9.97. The average molecular weight is 661 g/mol. The number of benzene rings is 6. The van der Waals surface area contributed by atoms with Crippen LogP contribution in [0.25, 0.3) is 73.4 Å². The Balaban J connectivity index is 1.11. The molecule has 0 saturated heterocycles. The molecule has 0 amide bonds. The van der Waals surface area contributed by atoms with Gasteiger partial charge in [-0.1, -0.05) is 137 Å². The molecule has 0 atom stereocenters. The Hall–Kier alpha value is -3.98. The molecule has 48 heavy (non-hydrogen) atoms. The minimum Gasteiger partial charge on any atom is -0.134 e. The van der Waals surface area contributed by atoms with E-state index < -0.39 is 0 Å². The molecule has 240 valence electrons. The second-order valence-electron chi connectivity index (χ2n) is 13.6. The molecule has 0 spiro atoms. The molecule has 0 fully saturated rings. The third kappa shape index (κ3) is 6.06. The van der Waals surface area contributed by atoms with Crippen LogP contribution in [0, 0.1) is 0 Å². The van der Waals surface area contributed by atoms with Gasteiger partial charge in [-0.2, -0.15) is 0 Å². The summed E-state index contributed by atoms with van der Waals surface area (Å²) in [4.78, 5) is 0. The summed E-state index contributed by atoms with van der Waals surface area (Å²) in [5, 5.41) is 8.21. The van der Waals surface area contributed by atoms with Crippen LogP contribution in [0.5, 0.6) is 0 Å². The van der Waals surface area contributed by atoms with Gasteiger partial charge in [-0.3, -0.25) is 0 Å². The lowest BCUT2D eigenvalue weighted by Gasteiger charge is -2.07. The Bertz CT molecular complexity index is 2180. The molecule has 8 aromatic rings. The molecule has 8 rings (SSSR count). The molecule has 0 bridgehead atoms. The van der Waals surface area contributed by atoms with E-state index in [0.717, 1.165) is 0 Å². The van der Waals surface area contributed by atoms with Gasteiger partial charge in [0, 0.05) is 20.2 Å². The van der Waals surface area contributed by atoms with E-state index in [1.54, 1.807) is 0 Å². The van der Waals surface area contributed by atoms with Crippen molar-refractivity contribution in [2.24, 2.45) is 0 Å². The van der Waals surface area contributed by atoms with Crippen molar-refractivity contribution < 1.29 is 0 Å². The molecule has 6 aromatic carbocycles. The minimum atomic E-state index is 1.18. The first kappa shape index (κ1) is 31.3. The summed E-state index contributed by atoms with van der Waals surface area (Å²) in [6.45, 7) is 4.55. The summed E-state index contributed by atoms with van der Waals surface area (Å²) in [5.74, 6) is 0. The van der Waals surface area contributed by atoms with Crippen molar-refractivity contribution in [1.29, 1.82) is 0 Å². The Morgan fingerprint density at radius 1 is 0.396 bits per heavy atom. The van der Waals surface area contributed by atoms with Crippen molar-refractivity contribution in [3.8, 4) is 22.3 Å². The van der Waals surface area contributed by atoms with Gasteiger partial charge in [0.1, 0.15) is 0 Å². The summed E-state index contributed by atoms with van der Waals surface area (Å²) in [6, 6.07) is 42.0. The van der Waals surface area contributed by atoms with E-state index in [1.807, 2.05) is 22.7 Å². The van der Waals surface area contributed by atoms with Crippen molar-refractivity contribution >= 4 is 73.8 Å². The predicted octanol–water partition coefficient (Wildman–Crippen LogP) is 15.2. The van der Waals surface area contributed by atoms with Crippen LogP contribution in [0.1, 0.15) is 76.3 Å². The number of hydrogen-bond acceptors (Lipinski definition) is 2. The molecule has 2 aromatic heterocycles. The van der Waals surface area contributed by atoms with E-state index >= 15 is 0 Å². The molecule has 0 aliphatic carbocycles. The van der Waals surface area contributed by atoms with Gasteiger partial charge in [-0.05, 0) is 105 Å². The van der Waals surface area contributed by atoms with Crippen LogP contribution in [0.4, 0.5) is 0 Å². The predicted molar refractivity (Wildman–Crippen MR) is 216 cm³/mol. The standard InChI is InChI=1S/C46H44S2/c1-3-5-7-9-11-31-13-17-33(18-14-31)35-21-25-39-37(29-35)23-27-41-43(39)45-46(47-41)44-40-26-22-36(30-38(40)24-28-42(44)48-45)34-19-15-32(16-20-34)12-10-8-6-4-2/h13-30H,3-12H2,1-2H3. The summed E-state index contributed by atoms with van der Waals surface area (Å²) >= 11 is 3.92. The van der Waals surface area contributed by atoms with Crippen molar-refractivity contribution in [3.63, 3.8) is 0 Å². The highest BCUT2D eigenvalue weighted by Gasteiger charge is 2.17. The van der Waals surface area contributed by atoms with Crippen LogP contribution < -0.4 is 0 Å². The fraction of sp³-hybridized carbons (Fsp3) is 0.261. The Labute approximate surface area is 293 Å². The Kier molecular flexibility index (Phi) is 9.04. The maximum atomic E-state index is 2.39. The second kappa shape index (κ2) is 13.9. The molecule has 0 N–H and O–H groups in total. The maximum Gasteiger partial charge on any atom is 0.0548 e. The third-order valence-corrected chi connectivity index (χ3v) is 12.7. The van der Waals surface area contributed by atoms with E-state index in [4.69, 9.17) is 0 Å². The fourth-order valence-electron chi connectivity index (χ4n) is 7.50. The van der Waals surface area contributed by atoms with Gasteiger partial charge < -0.3 is 0 Å². The highest BCUT2D eigenvalue weighted by molar-refractivity contribution is 7.37. The smallest absolute Gasteiger partial charge is 0.0548 e.